The molecule has 1 unspecified atom stereocenters. The Morgan fingerprint density at radius 2 is 2.07 bits per heavy atom. The van der Waals surface area contributed by atoms with Crippen LogP contribution in [0.25, 0.3) is 10.8 Å². The number of amides is 1. The van der Waals surface area contributed by atoms with Crippen molar-refractivity contribution >= 4 is 55.7 Å². The van der Waals surface area contributed by atoms with Crippen LogP contribution in [0.5, 0.6) is 0 Å². The topological polar surface area (TPSA) is 81.1 Å². The number of rotatable bonds is 5. The number of aromatic nitrogens is 2. The third-order valence-electron chi connectivity index (χ3n) is 4.85. The van der Waals surface area contributed by atoms with E-state index in [0.29, 0.717) is 17.3 Å². The number of nitrogens with zero attached hydrogens (tertiary/aromatic N) is 2. The van der Waals surface area contributed by atoms with E-state index >= 15 is 0 Å². The second-order valence-corrected chi connectivity index (χ2v) is 10.8. The molecule has 152 valence electrons. The predicted octanol–water partition coefficient (Wildman–Crippen LogP) is 4.09. The van der Waals surface area contributed by atoms with Gasteiger partial charge in [0.25, 0.3) is 0 Å². The Labute approximate surface area is 178 Å². The summed E-state index contributed by atoms with van der Waals surface area (Å²) in [6.45, 7) is 1.82. The van der Waals surface area contributed by atoms with E-state index in [2.05, 4.69) is 10.4 Å². The van der Waals surface area contributed by atoms with Gasteiger partial charge in [-0.3, -0.25) is 4.79 Å². The summed E-state index contributed by atoms with van der Waals surface area (Å²) in [5.41, 5.74) is 0.734. The highest BCUT2D eigenvalue weighted by atomic mass is 35.5. The Morgan fingerprint density at radius 3 is 2.79 bits per heavy atom. The first-order chi connectivity index (χ1) is 13.8. The summed E-state index contributed by atoms with van der Waals surface area (Å²) < 4.78 is 25.2. The molecule has 1 aliphatic heterocycles. The number of aryl methyl sites for hydroxylation is 1. The van der Waals surface area contributed by atoms with Gasteiger partial charge in [-0.05, 0) is 30.9 Å². The van der Waals surface area contributed by atoms with Crippen LogP contribution in [0.15, 0.2) is 47.4 Å². The van der Waals surface area contributed by atoms with Crippen LogP contribution in [-0.2, 0) is 14.6 Å². The second kappa shape index (κ2) is 8.01. The zero-order valence-corrected chi connectivity index (χ0v) is 18.1. The first-order valence-electron chi connectivity index (χ1n) is 9.19. The van der Waals surface area contributed by atoms with E-state index < -0.39 is 9.84 Å². The van der Waals surface area contributed by atoms with Gasteiger partial charge in [0.15, 0.2) is 9.84 Å². The highest BCUT2D eigenvalue weighted by molar-refractivity contribution is 8.00. The van der Waals surface area contributed by atoms with E-state index in [1.165, 1.54) is 11.8 Å². The summed E-state index contributed by atoms with van der Waals surface area (Å²) in [5, 5.41) is 9.89. The summed E-state index contributed by atoms with van der Waals surface area (Å²) in [7, 11) is -3.04. The zero-order chi connectivity index (χ0) is 20.6. The molecule has 9 heteroatoms. The van der Waals surface area contributed by atoms with Gasteiger partial charge in [0.05, 0.1) is 29.0 Å². The highest BCUT2D eigenvalue weighted by Gasteiger charge is 2.31. The van der Waals surface area contributed by atoms with Gasteiger partial charge < -0.3 is 5.32 Å². The average Bonchev–Trinajstić information content (AvgIpc) is 3.21. The molecule has 0 bridgehead atoms. The third kappa shape index (κ3) is 4.44. The maximum absolute atomic E-state index is 12.6. The van der Waals surface area contributed by atoms with Gasteiger partial charge in [0.1, 0.15) is 5.82 Å². The average molecular weight is 450 g/mol. The summed E-state index contributed by atoms with van der Waals surface area (Å²) in [4.78, 5) is 13.5. The Kier molecular flexibility index (Phi) is 5.59. The normalized spacial score (nSPS) is 18.2. The van der Waals surface area contributed by atoms with Gasteiger partial charge in [-0.15, -0.1) is 11.8 Å². The Hall–Kier alpha value is -2.03. The molecule has 0 saturated carbocycles. The molecule has 1 aliphatic rings. The molecule has 1 saturated heterocycles. The molecule has 0 radical (unpaired) electrons. The maximum atomic E-state index is 12.6. The Bertz CT molecular complexity index is 1190. The smallest absolute Gasteiger partial charge is 0.235 e. The monoisotopic (exact) mass is 449 g/mol. The molecule has 6 nitrogen and oxygen atoms in total. The van der Waals surface area contributed by atoms with Gasteiger partial charge in [0.2, 0.25) is 5.91 Å². The number of hydrogen-bond donors (Lipinski definition) is 1. The van der Waals surface area contributed by atoms with Crippen LogP contribution >= 0.6 is 23.4 Å². The molecule has 1 atom stereocenters. The van der Waals surface area contributed by atoms with Crippen molar-refractivity contribution in [1.29, 1.82) is 0 Å². The number of halogens is 1. The van der Waals surface area contributed by atoms with Crippen LogP contribution in [0.4, 0.5) is 5.82 Å². The van der Waals surface area contributed by atoms with Crippen molar-refractivity contribution in [1.82, 2.24) is 9.78 Å². The quantitative estimate of drug-likeness (QED) is 0.593. The molecular weight excluding hydrogens is 430 g/mol. The van der Waals surface area contributed by atoms with Gasteiger partial charge in [-0.2, -0.15) is 5.10 Å². The molecule has 0 aliphatic carbocycles. The lowest BCUT2D eigenvalue weighted by atomic mass is 10.1. The largest absolute Gasteiger partial charge is 0.310 e. The van der Waals surface area contributed by atoms with E-state index in [9.17, 15) is 13.2 Å². The molecule has 2 heterocycles. The highest BCUT2D eigenvalue weighted by Crippen LogP contribution is 2.33. The van der Waals surface area contributed by atoms with E-state index in [1.807, 2.05) is 43.3 Å². The minimum atomic E-state index is -3.04. The summed E-state index contributed by atoms with van der Waals surface area (Å²) in [6, 6.07) is 13.1. The predicted molar refractivity (Wildman–Crippen MR) is 118 cm³/mol. The van der Waals surface area contributed by atoms with Crippen LogP contribution in [0.2, 0.25) is 5.02 Å². The van der Waals surface area contributed by atoms with E-state index in [0.717, 1.165) is 21.4 Å². The lowest BCUT2D eigenvalue weighted by molar-refractivity contribution is -0.113. The van der Waals surface area contributed by atoms with Crippen molar-refractivity contribution < 1.29 is 13.2 Å². The molecule has 29 heavy (non-hydrogen) atoms. The van der Waals surface area contributed by atoms with E-state index in [1.54, 1.807) is 10.7 Å². The molecule has 1 aromatic heterocycles. The van der Waals surface area contributed by atoms with Gasteiger partial charge >= 0.3 is 0 Å². The van der Waals surface area contributed by atoms with E-state index in [4.69, 9.17) is 11.6 Å². The Balaban J connectivity index is 1.48. The number of sulfone groups is 1. The van der Waals surface area contributed by atoms with Gasteiger partial charge in [-0.1, -0.05) is 35.9 Å². The first-order valence-corrected chi connectivity index (χ1v) is 12.4. The fourth-order valence-corrected chi connectivity index (χ4v) is 6.50. The molecule has 4 rings (SSSR count). The molecule has 0 spiro atoms. The van der Waals surface area contributed by atoms with Crippen LogP contribution in [0.3, 0.4) is 0 Å². The zero-order valence-electron chi connectivity index (χ0n) is 15.8. The van der Waals surface area contributed by atoms with Crippen LogP contribution < -0.4 is 5.32 Å². The van der Waals surface area contributed by atoms with Gasteiger partial charge in [0, 0.05) is 21.4 Å². The molecular formula is C20H20ClN3O3S2. The Morgan fingerprint density at radius 1 is 1.31 bits per heavy atom. The minimum absolute atomic E-state index is 0.0558. The van der Waals surface area contributed by atoms with Crippen molar-refractivity contribution in [2.75, 3.05) is 22.6 Å². The number of fused-ring (bicyclic) bond motifs is 1. The lowest BCUT2D eigenvalue weighted by Crippen LogP contribution is -2.20. The lowest BCUT2D eigenvalue weighted by Gasteiger charge is -2.14. The molecule has 3 aromatic rings. The SMILES string of the molecule is Cc1cc(NC(=O)CSc2cccc3cccc(Cl)c23)n(C2CCS(=O)(=O)C2)n1. The van der Waals surface area contributed by atoms with Crippen molar-refractivity contribution in [2.45, 2.75) is 24.3 Å². The molecule has 1 N–H and O–H groups in total. The molecule has 1 fully saturated rings. The standard InChI is InChI=1S/C20H20ClN3O3S2/c1-13-10-18(24(23-13)15-8-9-29(26,27)12-15)22-19(25)11-28-17-7-3-5-14-4-2-6-16(21)20(14)17/h2-7,10,15H,8-9,11-12H2,1H3,(H,22,25). The number of carbonyl (C=O) groups is 1. The van der Waals surface area contributed by atoms with Crippen molar-refractivity contribution in [2.24, 2.45) is 0 Å². The number of hydrogen-bond acceptors (Lipinski definition) is 5. The van der Waals surface area contributed by atoms with Crippen LogP contribution in [0.1, 0.15) is 18.2 Å². The van der Waals surface area contributed by atoms with Crippen molar-refractivity contribution in [3.63, 3.8) is 0 Å². The minimum Gasteiger partial charge on any atom is -0.310 e. The third-order valence-corrected chi connectivity index (χ3v) is 7.98. The molecule has 2 aromatic carbocycles. The van der Waals surface area contributed by atoms with Gasteiger partial charge in [-0.25, -0.2) is 13.1 Å². The van der Waals surface area contributed by atoms with Crippen LogP contribution in [0, 0.1) is 6.92 Å². The van der Waals surface area contributed by atoms with Crippen molar-refractivity contribution in [3.05, 3.63) is 53.2 Å². The van der Waals surface area contributed by atoms with Crippen molar-refractivity contribution in [3.8, 4) is 0 Å². The summed E-state index contributed by atoms with van der Waals surface area (Å²) in [6.07, 6.45) is 0.510. The second-order valence-electron chi connectivity index (χ2n) is 7.10. The maximum Gasteiger partial charge on any atom is 0.235 e. The number of carbonyl (C=O) groups excluding carboxylic acids is 1. The summed E-state index contributed by atoms with van der Waals surface area (Å²) >= 11 is 7.77. The number of benzene rings is 2. The fraction of sp³-hybridized carbons (Fsp3) is 0.300. The number of thioether (sulfide) groups is 1. The number of anilines is 1. The summed E-state index contributed by atoms with van der Waals surface area (Å²) in [5.74, 6) is 0.770. The van der Waals surface area contributed by atoms with Crippen LogP contribution in [-0.4, -0.2) is 41.4 Å². The first kappa shape index (κ1) is 20.3. The fourth-order valence-electron chi connectivity index (χ4n) is 3.56. The molecule has 1 amide bonds. The van der Waals surface area contributed by atoms with E-state index in [-0.39, 0.29) is 29.2 Å². The number of nitrogens with one attached hydrogen (secondary N) is 1.